The van der Waals surface area contributed by atoms with Crippen LogP contribution in [0.15, 0.2) is 24.3 Å². The maximum absolute atomic E-state index is 13.4. The van der Waals surface area contributed by atoms with E-state index in [2.05, 4.69) is 0 Å². The van der Waals surface area contributed by atoms with Gasteiger partial charge in [0, 0.05) is 13.1 Å². The second-order valence-electron chi connectivity index (χ2n) is 5.28. The highest BCUT2D eigenvalue weighted by Gasteiger charge is 2.58. The summed E-state index contributed by atoms with van der Waals surface area (Å²) in [5.41, 5.74) is 4.21. The molecule has 3 nitrogen and oxygen atoms in total. The van der Waals surface area contributed by atoms with E-state index in [4.69, 9.17) is 10.5 Å². The van der Waals surface area contributed by atoms with Gasteiger partial charge < -0.3 is 15.4 Å². The number of halogens is 3. The van der Waals surface area contributed by atoms with Gasteiger partial charge in [-0.15, -0.1) is 0 Å². The SMILES string of the molecule is CN1CCCC(Oc2ccc(CN)cc2)(C(F)(F)F)C1. The molecule has 1 saturated heterocycles. The molecule has 0 spiro atoms. The zero-order valence-electron chi connectivity index (χ0n) is 11.4. The molecule has 2 rings (SSSR count). The van der Waals surface area contributed by atoms with E-state index < -0.39 is 11.8 Å². The minimum absolute atomic E-state index is 0.0144. The lowest BCUT2D eigenvalue weighted by Crippen LogP contribution is -2.59. The highest BCUT2D eigenvalue weighted by atomic mass is 19.4. The van der Waals surface area contributed by atoms with Crippen LogP contribution in [0.1, 0.15) is 18.4 Å². The van der Waals surface area contributed by atoms with Crippen molar-refractivity contribution >= 4 is 0 Å². The number of benzene rings is 1. The molecule has 0 amide bonds. The van der Waals surface area contributed by atoms with Crippen molar-refractivity contribution in [2.75, 3.05) is 20.1 Å². The molecule has 1 aromatic carbocycles. The molecule has 2 N–H and O–H groups in total. The van der Waals surface area contributed by atoms with Crippen LogP contribution in [0.3, 0.4) is 0 Å². The van der Waals surface area contributed by atoms with Crippen LogP contribution in [0.5, 0.6) is 5.75 Å². The normalized spacial score (nSPS) is 24.6. The molecule has 6 heteroatoms. The lowest BCUT2D eigenvalue weighted by molar-refractivity contribution is -0.261. The highest BCUT2D eigenvalue weighted by Crippen LogP contribution is 2.40. The number of likely N-dealkylation sites (N-methyl/N-ethyl adjacent to an activating group) is 1. The first-order valence-corrected chi connectivity index (χ1v) is 6.60. The molecule has 112 valence electrons. The molecule has 0 bridgehead atoms. The number of nitrogens with two attached hydrogens (primary N) is 1. The molecule has 0 aromatic heterocycles. The Morgan fingerprint density at radius 3 is 2.45 bits per heavy atom. The summed E-state index contributed by atoms with van der Waals surface area (Å²) in [5, 5.41) is 0. The van der Waals surface area contributed by atoms with E-state index in [1.54, 1.807) is 36.2 Å². The number of hydrogen-bond donors (Lipinski definition) is 1. The van der Waals surface area contributed by atoms with Gasteiger partial charge in [-0.2, -0.15) is 13.2 Å². The van der Waals surface area contributed by atoms with E-state index in [1.165, 1.54) is 0 Å². The van der Waals surface area contributed by atoms with Gasteiger partial charge in [-0.3, -0.25) is 0 Å². The zero-order valence-corrected chi connectivity index (χ0v) is 11.4. The third kappa shape index (κ3) is 3.07. The Labute approximate surface area is 116 Å². The van der Waals surface area contributed by atoms with Crippen LogP contribution in [0.25, 0.3) is 0 Å². The fourth-order valence-electron chi connectivity index (χ4n) is 2.52. The topological polar surface area (TPSA) is 38.5 Å². The summed E-state index contributed by atoms with van der Waals surface area (Å²) in [7, 11) is 1.68. The summed E-state index contributed by atoms with van der Waals surface area (Å²) in [6.07, 6.45) is -3.94. The van der Waals surface area contributed by atoms with Gasteiger partial charge in [-0.1, -0.05) is 12.1 Å². The molecule has 1 aliphatic rings. The largest absolute Gasteiger partial charge is 0.476 e. The number of hydrogen-bond acceptors (Lipinski definition) is 3. The molecule has 0 radical (unpaired) electrons. The third-order valence-corrected chi connectivity index (χ3v) is 3.63. The summed E-state index contributed by atoms with van der Waals surface area (Å²) < 4.78 is 45.7. The van der Waals surface area contributed by atoms with Gasteiger partial charge >= 0.3 is 6.18 Å². The van der Waals surface area contributed by atoms with Crippen molar-refractivity contribution in [3.8, 4) is 5.75 Å². The van der Waals surface area contributed by atoms with E-state index >= 15 is 0 Å². The number of rotatable bonds is 3. The maximum Gasteiger partial charge on any atom is 0.429 e. The monoisotopic (exact) mass is 288 g/mol. The Morgan fingerprint density at radius 2 is 1.95 bits per heavy atom. The Balaban J connectivity index is 2.23. The number of piperidine rings is 1. The Bertz CT molecular complexity index is 447. The van der Waals surface area contributed by atoms with Crippen LogP contribution in [0, 0.1) is 0 Å². The van der Waals surface area contributed by atoms with Crippen LogP contribution in [-0.4, -0.2) is 36.8 Å². The quantitative estimate of drug-likeness (QED) is 0.929. The molecular formula is C14H19F3N2O. The van der Waals surface area contributed by atoms with Crippen molar-refractivity contribution in [1.82, 2.24) is 4.90 Å². The van der Waals surface area contributed by atoms with E-state index in [1.807, 2.05) is 0 Å². The number of alkyl halides is 3. The summed E-state index contributed by atoms with van der Waals surface area (Å²) in [6.45, 7) is 0.871. The zero-order chi connectivity index (χ0) is 14.8. The summed E-state index contributed by atoms with van der Waals surface area (Å²) in [6, 6.07) is 6.46. The average molecular weight is 288 g/mol. The van der Waals surface area contributed by atoms with Crippen molar-refractivity contribution in [1.29, 1.82) is 0 Å². The fourth-order valence-corrected chi connectivity index (χ4v) is 2.52. The van der Waals surface area contributed by atoms with Gasteiger partial charge in [-0.05, 0) is 44.1 Å². The van der Waals surface area contributed by atoms with Crippen LogP contribution in [-0.2, 0) is 6.54 Å². The van der Waals surface area contributed by atoms with Crippen LogP contribution in [0.2, 0.25) is 0 Å². The van der Waals surface area contributed by atoms with Crippen molar-refractivity contribution < 1.29 is 17.9 Å². The predicted molar refractivity (Wildman–Crippen MR) is 70.5 cm³/mol. The highest BCUT2D eigenvalue weighted by molar-refractivity contribution is 5.28. The van der Waals surface area contributed by atoms with Crippen molar-refractivity contribution in [2.45, 2.75) is 31.2 Å². The fraction of sp³-hybridized carbons (Fsp3) is 0.571. The van der Waals surface area contributed by atoms with Crippen LogP contribution in [0.4, 0.5) is 13.2 Å². The van der Waals surface area contributed by atoms with Crippen LogP contribution < -0.4 is 10.5 Å². The lowest BCUT2D eigenvalue weighted by Gasteiger charge is -2.42. The van der Waals surface area contributed by atoms with Crippen molar-refractivity contribution in [2.24, 2.45) is 5.73 Å². The van der Waals surface area contributed by atoms with E-state index in [-0.39, 0.29) is 18.7 Å². The predicted octanol–water partition coefficient (Wildman–Crippen LogP) is 2.55. The lowest BCUT2D eigenvalue weighted by atomic mass is 9.92. The molecule has 1 aromatic rings. The second-order valence-corrected chi connectivity index (χ2v) is 5.28. The summed E-state index contributed by atoms with van der Waals surface area (Å²) in [5.74, 6) is 0.231. The second kappa shape index (κ2) is 5.61. The van der Waals surface area contributed by atoms with Crippen LogP contribution >= 0.6 is 0 Å². The summed E-state index contributed by atoms with van der Waals surface area (Å²) >= 11 is 0. The first-order valence-electron chi connectivity index (χ1n) is 6.60. The van der Waals surface area contributed by atoms with Gasteiger partial charge in [0.2, 0.25) is 5.60 Å². The van der Waals surface area contributed by atoms with Crippen molar-refractivity contribution in [3.05, 3.63) is 29.8 Å². The van der Waals surface area contributed by atoms with Gasteiger partial charge in [0.25, 0.3) is 0 Å². The van der Waals surface area contributed by atoms with E-state index in [9.17, 15) is 13.2 Å². The minimum atomic E-state index is -4.39. The van der Waals surface area contributed by atoms with E-state index in [0.29, 0.717) is 19.5 Å². The molecule has 1 atom stereocenters. The standard InChI is InChI=1S/C14H19F3N2O/c1-19-8-2-7-13(10-19,14(15,16)17)20-12-5-3-11(9-18)4-6-12/h3-6H,2,7-10,18H2,1H3. The van der Waals surface area contributed by atoms with Gasteiger partial charge in [0.05, 0.1) is 0 Å². The molecule has 0 saturated carbocycles. The minimum Gasteiger partial charge on any atom is -0.476 e. The van der Waals surface area contributed by atoms with Gasteiger partial charge in [0.1, 0.15) is 5.75 Å². The third-order valence-electron chi connectivity index (χ3n) is 3.63. The Kier molecular flexibility index (Phi) is 4.25. The first-order chi connectivity index (χ1) is 9.36. The average Bonchev–Trinajstić information content (AvgIpc) is 2.38. The van der Waals surface area contributed by atoms with Crippen molar-refractivity contribution in [3.63, 3.8) is 0 Å². The van der Waals surface area contributed by atoms with Gasteiger partial charge in [0.15, 0.2) is 0 Å². The molecule has 1 unspecified atom stereocenters. The molecule has 0 aliphatic carbocycles. The van der Waals surface area contributed by atoms with Gasteiger partial charge in [-0.25, -0.2) is 0 Å². The molecule has 1 fully saturated rings. The Morgan fingerprint density at radius 1 is 1.30 bits per heavy atom. The number of nitrogens with zero attached hydrogens (tertiary/aromatic N) is 1. The first kappa shape index (κ1) is 15.1. The molecule has 20 heavy (non-hydrogen) atoms. The number of likely N-dealkylation sites (tertiary alicyclic amines) is 1. The molecule has 1 aliphatic heterocycles. The van der Waals surface area contributed by atoms with E-state index in [0.717, 1.165) is 5.56 Å². The molecular weight excluding hydrogens is 269 g/mol. The maximum atomic E-state index is 13.4. The number of ether oxygens (including phenoxy) is 1. The summed E-state index contributed by atoms with van der Waals surface area (Å²) in [4.78, 5) is 1.66. The smallest absolute Gasteiger partial charge is 0.429 e. The molecule has 1 heterocycles. The Hall–Kier alpha value is -1.27.